The van der Waals surface area contributed by atoms with Crippen LogP contribution in [0.2, 0.25) is 10.0 Å². The summed E-state index contributed by atoms with van der Waals surface area (Å²) in [4.78, 5) is 18.7. The van der Waals surface area contributed by atoms with Crippen molar-refractivity contribution in [3.8, 4) is 0 Å². The molecule has 3 aromatic rings. The fourth-order valence-electron chi connectivity index (χ4n) is 3.03. The number of nitrogens with zero attached hydrogens (tertiary/aromatic N) is 2. The highest BCUT2D eigenvalue weighted by Gasteiger charge is 2.32. The minimum absolute atomic E-state index is 0.117. The monoisotopic (exact) mass is 467 g/mol. The molecular weight excluding hydrogens is 450 g/mol. The maximum absolute atomic E-state index is 13.1. The van der Waals surface area contributed by atoms with Gasteiger partial charge in [-0.3, -0.25) is 9.78 Å². The summed E-state index contributed by atoms with van der Waals surface area (Å²) in [7, 11) is 1.77. The molecule has 0 fully saturated rings. The molecule has 0 saturated carbocycles. The molecule has 0 radical (unpaired) electrons. The first kappa shape index (κ1) is 22.9. The van der Waals surface area contributed by atoms with Crippen LogP contribution in [-0.2, 0) is 17.5 Å². The molecule has 1 heterocycles. The van der Waals surface area contributed by atoms with Crippen LogP contribution in [-0.4, -0.2) is 17.9 Å². The van der Waals surface area contributed by atoms with Gasteiger partial charge in [0.05, 0.1) is 22.8 Å². The van der Waals surface area contributed by atoms with Crippen molar-refractivity contribution in [3.05, 3.63) is 93.7 Å². The van der Waals surface area contributed by atoms with Crippen LogP contribution in [0.5, 0.6) is 0 Å². The van der Waals surface area contributed by atoms with Crippen LogP contribution in [0, 0.1) is 0 Å². The molecule has 31 heavy (non-hydrogen) atoms. The Morgan fingerprint density at radius 3 is 2.32 bits per heavy atom. The predicted octanol–water partition coefficient (Wildman–Crippen LogP) is 5.90. The fourth-order valence-corrected chi connectivity index (χ4v) is 3.39. The summed E-state index contributed by atoms with van der Waals surface area (Å²) in [6, 6.07) is 16.2. The zero-order chi connectivity index (χ0) is 22.6. The Bertz CT molecular complexity index is 1040. The number of amides is 1. The first-order valence-corrected chi connectivity index (χ1v) is 9.95. The number of halogens is 5. The lowest BCUT2D eigenvalue weighted by molar-refractivity contribution is -0.137. The standard InChI is InChI=1S/C22H18Cl2F3N3O/c1-30(17-9-7-16(23)8-10-17)20(14-5-3-2-4-6-14)21(31)29-13-19-18(24)11-15(12-28-19)22(25,26)27/h2-12,20H,13H2,1H3,(H,29,31)/t20-/m1/s1. The number of benzene rings is 2. The lowest BCUT2D eigenvalue weighted by atomic mass is 10.0. The lowest BCUT2D eigenvalue weighted by Gasteiger charge is -2.29. The van der Waals surface area contributed by atoms with Crippen molar-refractivity contribution in [2.75, 3.05) is 11.9 Å². The van der Waals surface area contributed by atoms with E-state index in [2.05, 4.69) is 10.3 Å². The first-order valence-electron chi connectivity index (χ1n) is 9.19. The summed E-state index contributed by atoms with van der Waals surface area (Å²) in [6.07, 6.45) is -3.85. The molecule has 0 unspecified atom stereocenters. The number of nitrogens with one attached hydrogen (secondary N) is 1. The Morgan fingerprint density at radius 1 is 1.10 bits per heavy atom. The first-order chi connectivity index (χ1) is 14.7. The van der Waals surface area contributed by atoms with E-state index in [0.717, 1.165) is 17.3 Å². The molecule has 0 saturated heterocycles. The van der Waals surface area contributed by atoms with Crippen LogP contribution in [0.15, 0.2) is 66.9 Å². The molecule has 0 bridgehead atoms. The van der Waals surface area contributed by atoms with Crippen molar-refractivity contribution in [2.24, 2.45) is 0 Å². The van der Waals surface area contributed by atoms with Crippen LogP contribution in [0.25, 0.3) is 0 Å². The highest BCUT2D eigenvalue weighted by molar-refractivity contribution is 6.31. The highest BCUT2D eigenvalue weighted by atomic mass is 35.5. The van der Waals surface area contributed by atoms with E-state index in [0.29, 0.717) is 11.2 Å². The molecule has 1 aromatic heterocycles. The quantitative estimate of drug-likeness (QED) is 0.490. The Morgan fingerprint density at radius 2 is 1.74 bits per heavy atom. The van der Waals surface area contributed by atoms with E-state index in [9.17, 15) is 18.0 Å². The van der Waals surface area contributed by atoms with Gasteiger partial charge in [0.2, 0.25) is 5.91 Å². The van der Waals surface area contributed by atoms with E-state index in [1.807, 2.05) is 30.3 Å². The second-order valence-corrected chi connectivity index (χ2v) is 7.61. The molecule has 3 rings (SSSR count). The number of hydrogen-bond acceptors (Lipinski definition) is 3. The van der Waals surface area contributed by atoms with E-state index in [1.165, 1.54) is 0 Å². The molecular formula is C22H18Cl2F3N3O. The SMILES string of the molecule is CN(c1ccc(Cl)cc1)[C@@H](C(=O)NCc1ncc(C(F)(F)F)cc1Cl)c1ccccc1. The smallest absolute Gasteiger partial charge is 0.359 e. The maximum Gasteiger partial charge on any atom is 0.417 e. The molecule has 162 valence electrons. The van der Waals surface area contributed by atoms with Gasteiger partial charge in [0.1, 0.15) is 6.04 Å². The van der Waals surface area contributed by atoms with Crippen molar-refractivity contribution < 1.29 is 18.0 Å². The molecule has 0 aliphatic rings. The van der Waals surface area contributed by atoms with Crippen molar-refractivity contribution >= 4 is 34.8 Å². The molecule has 1 atom stereocenters. The molecule has 0 aliphatic heterocycles. The van der Waals surface area contributed by atoms with E-state index in [4.69, 9.17) is 23.2 Å². The number of anilines is 1. The third-order valence-electron chi connectivity index (χ3n) is 4.66. The van der Waals surface area contributed by atoms with E-state index in [-0.39, 0.29) is 23.2 Å². The van der Waals surface area contributed by atoms with Crippen LogP contribution in [0.1, 0.15) is 22.9 Å². The van der Waals surface area contributed by atoms with Gasteiger partial charge in [-0.1, -0.05) is 53.5 Å². The fraction of sp³-hybridized carbons (Fsp3) is 0.182. The summed E-state index contributed by atoms with van der Waals surface area (Å²) in [5, 5.41) is 3.12. The van der Waals surface area contributed by atoms with Gasteiger partial charge in [0.15, 0.2) is 0 Å². The summed E-state index contributed by atoms with van der Waals surface area (Å²) >= 11 is 11.9. The summed E-state index contributed by atoms with van der Waals surface area (Å²) < 4.78 is 38.4. The molecule has 9 heteroatoms. The third kappa shape index (κ3) is 5.68. The second-order valence-electron chi connectivity index (χ2n) is 6.77. The molecule has 1 amide bonds. The third-order valence-corrected chi connectivity index (χ3v) is 5.24. The van der Waals surface area contributed by atoms with Crippen LogP contribution < -0.4 is 10.2 Å². The average Bonchev–Trinajstić information content (AvgIpc) is 2.73. The Hall–Kier alpha value is -2.77. The van der Waals surface area contributed by atoms with Gasteiger partial charge >= 0.3 is 6.18 Å². The van der Waals surface area contributed by atoms with Crippen molar-refractivity contribution in [1.29, 1.82) is 0 Å². The molecule has 0 spiro atoms. The number of carbonyl (C=O) groups excluding carboxylic acids is 1. The van der Waals surface area contributed by atoms with Crippen LogP contribution in [0.4, 0.5) is 18.9 Å². The number of pyridine rings is 1. The summed E-state index contributed by atoms with van der Waals surface area (Å²) in [5.41, 5.74) is 0.698. The Labute approximate surface area is 187 Å². The zero-order valence-corrected chi connectivity index (χ0v) is 17.8. The Balaban J connectivity index is 1.82. The normalized spacial score (nSPS) is 12.3. The average molecular weight is 468 g/mol. The number of hydrogen-bond donors (Lipinski definition) is 1. The number of rotatable bonds is 6. The summed E-state index contributed by atoms with van der Waals surface area (Å²) in [6.45, 7) is -0.117. The van der Waals surface area contributed by atoms with Gasteiger partial charge < -0.3 is 10.2 Å². The number of carbonyl (C=O) groups is 1. The highest BCUT2D eigenvalue weighted by Crippen LogP contribution is 2.31. The van der Waals surface area contributed by atoms with Crippen LogP contribution >= 0.6 is 23.2 Å². The van der Waals surface area contributed by atoms with Gasteiger partial charge in [0.25, 0.3) is 0 Å². The summed E-state index contributed by atoms with van der Waals surface area (Å²) in [5.74, 6) is -0.360. The van der Waals surface area contributed by atoms with Gasteiger partial charge in [-0.2, -0.15) is 13.2 Å². The molecule has 4 nitrogen and oxygen atoms in total. The van der Waals surface area contributed by atoms with Gasteiger partial charge in [-0.05, 0) is 35.9 Å². The van der Waals surface area contributed by atoms with Gasteiger partial charge in [-0.25, -0.2) is 0 Å². The van der Waals surface area contributed by atoms with E-state index >= 15 is 0 Å². The number of likely N-dealkylation sites (N-methyl/N-ethyl adjacent to an activating group) is 1. The van der Waals surface area contributed by atoms with Gasteiger partial charge in [0, 0.05) is 24.0 Å². The van der Waals surface area contributed by atoms with Crippen molar-refractivity contribution in [3.63, 3.8) is 0 Å². The zero-order valence-electron chi connectivity index (χ0n) is 16.3. The lowest BCUT2D eigenvalue weighted by Crippen LogP contribution is -2.38. The minimum atomic E-state index is -4.54. The second kappa shape index (κ2) is 9.58. The van der Waals surface area contributed by atoms with E-state index in [1.54, 1.807) is 36.2 Å². The molecule has 1 N–H and O–H groups in total. The Kier molecular flexibility index (Phi) is 7.08. The number of aromatic nitrogens is 1. The van der Waals surface area contributed by atoms with Crippen LogP contribution in [0.3, 0.4) is 0 Å². The maximum atomic E-state index is 13.1. The molecule has 2 aromatic carbocycles. The number of alkyl halides is 3. The largest absolute Gasteiger partial charge is 0.417 e. The van der Waals surface area contributed by atoms with Crippen molar-refractivity contribution in [1.82, 2.24) is 10.3 Å². The van der Waals surface area contributed by atoms with Crippen molar-refractivity contribution in [2.45, 2.75) is 18.8 Å². The van der Waals surface area contributed by atoms with E-state index < -0.39 is 17.8 Å². The predicted molar refractivity (Wildman–Crippen MR) is 115 cm³/mol. The van der Waals surface area contributed by atoms with Gasteiger partial charge in [-0.15, -0.1) is 0 Å². The molecule has 0 aliphatic carbocycles. The topological polar surface area (TPSA) is 45.2 Å². The minimum Gasteiger partial charge on any atom is -0.359 e.